The number of hydrazone groups is 1. The average molecular weight is 380 g/mol. The third kappa shape index (κ3) is 4.87. The maximum atomic E-state index is 12.4. The monoisotopic (exact) mass is 380 g/mol. The lowest BCUT2D eigenvalue weighted by atomic mass is 10.0. The number of carbonyl (C=O) groups is 1. The molecule has 4 heteroatoms. The molecule has 0 amide bonds. The highest BCUT2D eigenvalue weighted by Crippen LogP contribution is 2.20. The molecule has 0 aliphatic carbocycles. The Morgan fingerprint density at radius 1 is 0.828 bits per heavy atom. The molecule has 4 aromatic carbocycles. The second kappa shape index (κ2) is 8.85. The third-order valence-electron chi connectivity index (χ3n) is 4.51. The van der Waals surface area contributed by atoms with E-state index in [2.05, 4.69) is 10.5 Å². The van der Waals surface area contributed by atoms with Crippen molar-refractivity contribution in [3.63, 3.8) is 0 Å². The topological polar surface area (TPSA) is 50.7 Å². The van der Waals surface area contributed by atoms with E-state index in [9.17, 15) is 4.79 Å². The van der Waals surface area contributed by atoms with Gasteiger partial charge >= 0.3 is 5.97 Å². The van der Waals surface area contributed by atoms with Gasteiger partial charge in [0, 0.05) is 0 Å². The van der Waals surface area contributed by atoms with E-state index < -0.39 is 0 Å². The molecule has 142 valence electrons. The van der Waals surface area contributed by atoms with Gasteiger partial charge < -0.3 is 4.74 Å². The van der Waals surface area contributed by atoms with Gasteiger partial charge in [-0.2, -0.15) is 5.10 Å². The van der Waals surface area contributed by atoms with Crippen molar-refractivity contribution in [2.24, 2.45) is 5.10 Å². The summed E-state index contributed by atoms with van der Waals surface area (Å²) in [5, 5.41) is 6.39. The van der Waals surface area contributed by atoms with Crippen LogP contribution in [0.5, 0.6) is 5.75 Å². The van der Waals surface area contributed by atoms with Gasteiger partial charge in [0.05, 0.1) is 18.3 Å². The van der Waals surface area contributed by atoms with Gasteiger partial charge in [0.25, 0.3) is 0 Å². The van der Waals surface area contributed by atoms with Crippen LogP contribution in [0, 0.1) is 0 Å². The fourth-order valence-electron chi connectivity index (χ4n) is 3.09. The van der Waals surface area contributed by atoms with E-state index in [1.165, 1.54) is 0 Å². The number of fused-ring (bicyclic) bond motifs is 1. The van der Waals surface area contributed by atoms with Crippen LogP contribution in [0.2, 0.25) is 0 Å². The molecule has 4 aromatic rings. The Labute approximate surface area is 169 Å². The molecule has 0 aliphatic rings. The third-order valence-corrected chi connectivity index (χ3v) is 4.51. The van der Waals surface area contributed by atoms with Crippen molar-refractivity contribution >= 4 is 28.6 Å². The van der Waals surface area contributed by atoms with Gasteiger partial charge in [0.2, 0.25) is 0 Å². The van der Waals surface area contributed by atoms with E-state index >= 15 is 0 Å². The second-order valence-corrected chi connectivity index (χ2v) is 6.59. The molecule has 0 spiro atoms. The van der Waals surface area contributed by atoms with Crippen molar-refractivity contribution in [1.82, 2.24) is 0 Å². The molecule has 0 radical (unpaired) electrons. The summed E-state index contributed by atoms with van der Waals surface area (Å²) in [5.74, 6) is 0.233. The van der Waals surface area contributed by atoms with Crippen LogP contribution in [0.4, 0.5) is 5.69 Å². The number of hydrogen-bond acceptors (Lipinski definition) is 4. The number of rotatable bonds is 6. The number of ether oxygens (including phenoxy) is 1. The largest absolute Gasteiger partial charge is 0.426 e. The van der Waals surface area contributed by atoms with Gasteiger partial charge in [-0.05, 0) is 58.3 Å². The molecule has 0 aliphatic heterocycles. The van der Waals surface area contributed by atoms with E-state index in [0.717, 1.165) is 27.6 Å². The quantitative estimate of drug-likeness (QED) is 0.210. The summed E-state index contributed by atoms with van der Waals surface area (Å²) >= 11 is 0. The number of carbonyl (C=O) groups excluding carboxylic acids is 1. The van der Waals surface area contributed by atoms with Gasteiger partial charge in [-0.3, -0.25) is 10.2 Å². The van der Waals surface area contributed by atoms with E-state index in [1.54, 1.807) is 18.3 Å². The number of nitrogens with zero attached hydrogens (tertiary/aromatic N) is 1. The van der Waals surface area contributed by atoms with Crippen molar-refractivity contribution < 1.29 is 9.53 Å². The number of hydrogen-bond donors (Lipinski definition) is 1. The smallest absolute Gasteiger partial charge is 0.315 e. The minimum atomic E-state index is -0.284. The van der Waals surface area contributed by atoms with E-state index in [4.69, 9.17) is 4.74 Å². The fourth-order valence-corrected chi connectivity index (χ4v) is 3.09. The van der Waals surface area contributed by atoms with Crippen molar-refractivity contribution in [1.29, 1.82) is 0 Å². The molecule has 0 aromatic heterocycles. The number of nitrogens with one attached hydrogen (secondary N) is 1. The molecule has 0 atom stereocenters. The van der Waals surface area contributed by atoms with Crippen LogP contribution in [0.1, 0.15) is 11.1 Å². The predicted molar refractivity (Wildman–Crippen MR) is 117 cm³/mol. The van der Waals surface area contributed by atoms with Gasteiger partial charge in [0.1, 0.15) is 5.75 Å². The molecule has 0 heterocycles. The van der Waals surface area contributed by atoms with E-state index in [-0.39, 0.29) is 12.4 Å². The highest BCUT2D eigenvalue weighted by atomic mass is 16.5. The SMILES string of the molecule is O=C(Cc1cccc2ccccc12)Oc1ccc(C=NNc2ccccc2)cc1. The molecule has 0 fully saturated rings. The highest BCUT2D eigenvalue weighted by Gasteiger charge is 2.09. The Bertz CT molecular complexity index is 1130. The van der Waals surface area contributed by atoms with E-state index in [0.29, 0.717) is 5.75 Å². The lowest BCUT2D eigenvalue weighted by molar-refractivity contribution is -0.133. The maximum Gasteiger partial charge on any atom is 0.315 e. The lowest BCUT2D eigenvalue weighted by Crippen LogP contribution is -2.11. The van der Waals surface area contributed by atoms with Crippen LogP contribution >= 0.6 is 0 Å². The van der Waals surface area contributed by atoms with Crippen molar-refractivity contribution in [2.45, 2.75) is 6.42 Å². The summed E-state index contributed by atoms with van der Waals surface area (Å²) in [5.41, 5.74) is 5.75. The zero-order valence-corrected chi connectivity index (χ0v) is 15.8. The van der Waals surface area contributed by atoms with Gasteiger partial charge in [-0.15, -0.1) is 0 Å². The summed E-state index contributed by atoms with van der Waals surface area (Å²) in [6.45, 7) is 0. The zero-order valence-electron chi connectivity index (χ0n) is 15.8. The van der Waals surface area contributed by atoms with Crippen LogP contribution in [-0.4, -0.2) is 12.2 Å². The van der Waals surface area contributed by atoms with Gasteiger partial charge in [-0.25, -0.2) is 0 Å². The molecular weight excluding hydrogens is 360 g/mol. The van der Waals surface area contributed by atoms with Crippen LogP contribution in [0.3, 0.4) is 0 Å². The Kier molecular flexibility index (Phi) is 5.63. The van der Waals surface area contributed by atoms with Crippen LogP contribution in [0.15, 0.2) is 102 Å². The lowest BCUT2D eigenvalue weighted by Gasteiger charge is -2.07. The van der Waals surface area contributed by atoms with Crippen LogP contribution in [-0.2, 0) is 11.2 Å². The zero-order chi connectivity index (χ0) is 19.9. The van der Waals surface area contributed by atoms with Crippen LogP contribution in [0.25, 0.3) is 10.8 Å². The normalized spacial score (nSPS) is 10.9. The molecule has 0 saturated heterocycles. The molecule has 4 rings (SSSR count). The van der Waals surface area contributed by atoms with Gasteiger partial charge in [0.15, 0.2) is 0 Å². The summed E-state index contributed by atoms with van der Waals surface area (Å²) in [6, 6.07) is 31.0. The summed E-state index contributed by atoms with van der Waals surface area (Å²) < 4.78 is 5.50. The van der Waals surface area contributed by atoms with Crippen molar-refractivity contribution in [3.8, 4) is 5.75 Å². The second-order valence-electron chi connectivity index (χ2n) is 6.59. The first-order valence-electron chi connectivity index (χ1n) is 9.39. The standard InChI is InChI=1S/C25H20N2O2/c28-25(17-21-9-6-8-20-7-4-5-12-24(20)21)29-23-15-13-19(14-16-23)18-26-27-22-10-2-1-3-11-22/h1-16,18,27H,17H2. The Hall–Kier alpha value is -3.92. The first kappa shape index (κ1) is 18.4. The maximum absolute atomic E-state index is 12.4. The Morgan fingerprint density at radius 2 is 1.55 bits per heavy atom. The number of anilines is 1. The molecule has 0 saturated carbocycles. The molecule has 4 nitrogen and oxygen atoms in total. The summed E-state index contributed by atoms with van der Waals surface area (Å²) in [4.78, 5) is 12.4. The molecule has 29 heavy (non-hydrogen) atoms. The Balaban J connectivity index is 1.36. The minimum Gasteiger partial charge on any atom is -0.426 e. The summed E-state index contributed by atoms with van der Waals surface area (Å²) in [6.07, 6.45) is 1.94. The number of para-hydroxylation sites is 1. The minimum absolute atomic E-state index is 0.228. The first-order valence-corrected chi connectivity index (χ1v) is 9.39. The van der Waals surface area contributed by atoms with Crippen molar-refractivity contribution in [3.05, 3.63) is 108 Å². The van der Waals surface area contributed by atoms with Crippen molar-refractivity contribution in [2.75, 3.05) is 5.43 Å². The highest BCUT2D eigenvalue weighted by molar-refractivity contribution is 5.89. The number of benzene rings is 4. The average Bonchev–Trinajstić information content (AvgIpc) is 2.76. The molecule has 0 bridgehead atoms. The molecule has 1 N–H and O–H groups in total. The molecule has 0 unspecified atom stereocenters. The van der Waals surface area contributed by atoms with Gasteiger partial charge in [-0.1, -0.05) is 60.7 Å². The first-order chi connectivity index (χ1) is 14.3. The molecular formula is C25H20N2O2. The van der Waals surface area contributed by atoms with Crippen LogP contribution < -0.4 is 10.2 Å². The number of esters is 1. The fraction of sp³-hybridized carbons (Fsp3) is 0.0400. The predicted octanol–water partition coefficient (Wildman–Crippen LogP) is 5.43. The summed E-state index contributed by atoms with van der Waals surface area (Å²) in [7, 11) is 0. The Morgan fingerprint density at radius 3 is 2.38 bits per heavy atom. The van der Waals surface area contributed by atoms with E-state index in [1.807, 2.05) is 84.9 Å².